The first-order valence-corrected chi connectivity index (χ1v) is 8.66. The van der Waals surface area contributed by atoms with E-state index in [0.717, 1.165) is 55.3 Å². The molecule has 0 aliphatic carbocycles. The van der Waals surface area contributed by atoms with Crippen molar-refractivity contribution >= 4 is 17.4 Å². The largest absolute Gasteiger partial charge is 0.367 e. The molecule has 0 unspecified atom stereocenters. The predicted molar refractivity (Wildman–Crippen MR) is 96.1 cm³/mol. The Kier molecular flexibility index (Phi) is 5.13. The highest BCUT2D eigenvalue weighted by Gasteiger charge is 2.17. The number of anilines is 1. The molecule has 0 amide bonds. The van der Waals surface area contributed by atoms with Crippen LogP contribution in [0.4, 0.5) is 5.82 Å². The molecule has 1 aromatic carbocycles. The van der Waals surface area contributed by atoms with Crippen molar-refractivity contribution in [3.05, 3.63) is 40.5 Å². The number of piperidine rings is 1. The lowest BCUT2D eigenvalue weighted by Crippen LogP contribution is -2.35. The monoisotopic (exact) mass is 330 g/mol. The van der Waals surface area contributed by atoms with E-state index in [1.54, 1.807) is 0 Å². The van der Waals surface area contributed by atoms with Crippen LogP contribution in [0.3, 0.4) is 0 Å². The van der Waals surface area contributed by atoms with Crippen LogP contribution in [-0.2, 0) is 6.42 Å². The maximum Gasteiger partial charge on any atom is 0.161 e. The first-order valence-electron chi connectivity index (χ1n) is 8.28. The van der Waals surface area contributed by atoms with Gasteiger partial charge in [-0.05, 0) is 51.4 Å². The second kappa shape index (κ2) is 7.28. The van der Waals surface area contributed by atoms with Crippen LogP contribution < -0.4 is 10.6 Å². The van der Waals surface area contributed by atoms with Gasteiger partial charge in [0.2, 0.25) is 0 Å². The van der Waals surface area contributed by atoms with Gasteiger partial charge in [-0.3, -0.25) is 0 Å². The summed E-state index contributed by atoms with van der Waals surface area (Å²) in [5, 5.41) is 7.74. The normalized spacial score (nSPS) is 15.6. The van der Waals surface area contributed by atoms with Crippen molar-refractivity contribution < 1.29 is 0 Å². The molecular formula is C18H23ClN4. The van der Waals surface area contributed by atoms with E-state index in [-0.39, 0.29) is 0 Å². The summed E-state index contributed by atoms with van der Waals surface area (Å²) in [4.78, 5) is 9.50. The highest BCUT2D eigenvalue weighted by atomic mass is 35.5. The van der Waals surface area contributed by atoms with Crippen LogP contribution in [0.25, 0.3) is 11.4 Å². The summed E-state index contributed by atoms with van der Waals surface area (Å²) in [7, 11) is 0. The number of nitrogens with zero attached hydrogens (tertiary/aromatic N) is 2. The average molecular weight is 331 g/mol. The summed E-state index contributed by atoms with van der Waals surface area (Å²) in [5.74, 6) is 1.71. The number of nitrogens with one attached hydrogen (secondary N) is 2. The molecule has 3 rings (SSSR count). The predicted octanol–water partition coefficient (Wildman–Crippen LogP) is 3.83. The van der Waals surface area contributed by atoms with Gasteiger partial charge in [-0.15, -0.1) is 0 Å². The van der Waals surface area contributed by atoms with E-state index >= 15 is 0 Å². The van der Waals surface area contributed by atoms with Crippen LogP contribution in [0.15, 0.2) is 24.3 Å². The smallest absolute Gasteiger partial charge is 0.161 e. The zero-order valence-electron chi connectivity index (χ0n) is 13.7. The molecule has 0 atom stereocenters. The fourth-order valence-corrected chi connectivity index (χ4v) is 3.25. The molecule has 2 aromatic rings. The molecule has 23 heavy (non-hydrogen) atoms. The van der Waals surface area contributed by atoms with Gasteiger partial charge in [0.1, 0.15) is 5.82 Å². The number of hydrogen-bond donors (Lipinski definition) is 2. The topological polar surface area (TPSA) is 49.8 Å². The van der Waals surface area contributed by atoms with Crippen LogP contribution in [0.5, 0.6) is 0 Å². The maximum absolute atomic E-state index is 6.11. The van der Waals surface area contributed by atoms with Crippen molar-refractivity contribution in [2.45, 2.75) is 39.2 Å². The van der Waals surface area contributed by atoms with E-state index in [4.69, 9.17) is 16.6 Å². The number of aryl methyl sites for hydroxylation is 1. The van der Waals surface area contributed by atoms with Gasteiger partial charge in [0, 0.05) is 27.9 Å². The highest BCUT2D eigenvalue weighted by Crippen LogP contribution is 2.25. The van der Waals surface area contributed by atoms with Gasteiger partial charge in [0.05, 0.1) is 0 Å². The van der Waals surface area contributed by atoms with Gasteiger partial charge in [-0.2, -0.15) is 0 Å². The highest BCUT2D eigenvalue weighted by molar-refractivity contribution is 6.30. The van der Waals surface area contributed by atoms with E-state index in [2.05, 4.69) is 29.5 Å². The number of aromatic nitrogens is 2. The zero-order valence-corrected chi connectivity index (χ0v) is 14.5. The van der Waals surface area contributed by atoms with E-state index in [9.17, 15) is 0 Å². The molecule has 1 aromatic heterocycles. The van der Waals surface area contributed by atoms with Crippen molar-refractivity contribution in [1.82, 2.24) is 15.3 Å². The summed E-state index contributed by atoms with van der Waals surface area (Å²) in [6.45, 7) is 6.33. The molecule has 1 aliphatic rings. The van der Waals surface area contributed by atoms with Crippen LogP contribution >= 0.6 is 11.6 Å². The average Bonchev–Trinajstić information content (AvgIpc) is 2.55. The standard InChI is InChI=1S/C18H23ClN4/c1-3-16-12(2)21-17(13-5-4-6-14(19)11-13)23-18(16)22-15-7-9-20-10-8-15/h4-6,11,15,20H,3,7-10H2,1-2H3,(H,21,22,23). The SMILES string of the molecule is CCc1c(C)nc(-c2cccc(Cl)c2)nc1NC1CCNCC1. The lowest BCUT2D eigenvalue weighted by Gasteiger charge is -2.25. The first kappa shape index (κ1) is 16.2. The van der Waals surface area contributed by atoms with Crippen LogP contribution in [0.2, 0.25) is 5.02 Å². The quantitative estimate of drug-likeness (QED) is 0.894. The molecule has 1 saturated heterocycles. The summed E-state index contributed by atoms with van der Waals surface area (Å²) >= 11 is 6.11. The molecule has 0 spiro atoms. The first-order chi connectivity index (χ1) is 11.2. The van der Waals surface area contributed by atoms with E-state index in [1.807, 2.05) is 24.3 Å². The number of halogens is 1. The Morgan fingerprint density at radius 3 is 2.74 bits per heavy atom. The molecule has 2 N–H and O–H groups in total. The lowest BCUT2D eigenvalue weighted by atomic mass is 10.1. The minimum atomic E-state index is 0.475. The fourth-order valence-electron chi connectivity index (χ4n) is 3.06. The molecule has 1 fully saturated rings. The summed E-state index contributed by atoms with van der Waals surface area (Å²) < 4.78 is 0. The molecule has 4 nitrogen and oxygen atoms in total. The molecule has 122 valence electrons. The van der Waals surface area contributed by atoms with E-state index in [0.29, 0.717) is 11.1 Å². The Morgan fingerprint density at radius 1 is 1.26 bits per heavy atom. The lowest BCUT2D eigenvalue weighted by molar-refractivity contribution is 0.478. The molecule has 0 bridgehead atoms. The van der Waals surface area contributed by atoms with Crippen molar-refractivity contribution in [3.63, 3.8) is 0 Å². The van der Waals surface area contributed by atoms with Crippen molar-refractivity contribution in [1.29, 1.82) is 0 Å². The minimum absolute atomic E-state index is 0.475. The minimum Gasteiger partial charge on any atom is -0.367 e. The second-order valence-electron chi connectivity index (χ2n) is 5.99. The summed E-state index contributed by atoms with van der Waals surface area (Å²) in [5.41, 5.74) is 3.19. The van der Waals surface area contributed by atoms with Gasteiger partial charge in [0.25, 0.3) is 0 Å². The van der Waals surface area contributed by atoms with Crippen LogP contribution in [0.1, 0.15) is 31.0 Å². The second-order valence-corrected chi connectivity index (χ2v) is 6.43. The van der Waals surface area contributed by atoms with Crippen molar-refractivity contribution in [2.75, 3.05) is 18.4 Å². The molecule has 5 heteroatoms. The maximum atomic E-state index is 6.11. The van der Waals surface area contributed by atoms with Gasteiger partial charge < -0.3 is 10.6 Å². The summed E-state index contributed by atoms with van der Waals surface area (Å²) in [6.07, 6.45) is 3.17. The van der Waals surface area contributed by atoms with Crippen LogP contribution in [0, 0.1) is 6.92 Å². The number of benzene rings is 1. The van der Waals surface area contributed by atoms with Crippen molar-refractivity contribution in [2.24, 2.45) is 0 Å². The molecular weight excluding hydrogens is 308 g/mol. The van der Waals surface area contributed by atoms with E-state index in [1.165, 1.54) is 5.56 Å². The number of rotatable bonds is 4. The Morgan fingerprint density at radius 2 is 2.04 bits per heavy atom. The Balaban J connectivity index is 1.96. The van der Waals surface area contributed by atoms with Crippen molar-refractivity contribution in [3.8, 4) is 11.4 Å². The van der Waals surface area contributed by atoms with Gasteiger partial charge in [0.15, 0.2) is 5.82 Å². The molecule has 2 heterocycles. The fraction of sp³-hybridized carbons (Fsp3) is 0.444. The Hall–Kier alpha value is -1.65. The van der Waals surface area contributed by atoms with E-state index < -0.39 is 0 Å². The zero-order chi connectivity index (χ0) is 16.2. The van der Waals surface area contributed by atoms with Gasteiger partial charge in [-0.25, -0.2) is 9.97 Å². The summed E-state index contributed by atoms with van der Waals surface area (Å²) in [6, 6.07) is 8.19. The Bertz CT molecular complexity index is 681. The third-order valence-electron chi connectivity index (χ3n) is 4.33. The Labute approximate surface area is 142 Å². The third kappa shape index (κ3) is 3.82. The van der Waals surface area contributed by atoms with Crippen LogP contribution in [-0.4, -0.2) is 29.1 Å². The molecule has 1 aliphatic heterocycles. The third-order valence-corrected chi connectivity index (χ3v) is 4.57. The molecule has 0 saturated carbocycles. The number of hydrogen-bond acceptors (Lipinski definition) is 4. The van der Waals surface area contributed by atoms with Gasteiger partial charge >= 0.3 is 0 Å². The van der Waals surface area contributed by atoms with Gasteiger partial charge in [-0.1, -0.05) is 30.7 Å². The molecule has 0 radical (unpaired) electrons.